The number of hydrogen-bond donors (Lipinski definition) is 1. The Labute approximate surface area is 133 Å². The topological polar surface area (TPSA) is 70.5 Å². The van der Waals surface area contributed by atoms with Gasteiger partial charge in [0.05, 0.1) is 6.61 Å². The molecule has 0 fully saturated rings. The van der Waals surface area contributed by atoms with Crippen molar-refractivity contribution in [1.82, 2.24) is 9.29 Å². The van der Waals surface area contributed by atoms with Crippen molar-refractivity contribution < 1.29 is 22.3 Å². The van der Waals surface area contributed by atoms with Gasteiger partial charge in [0.2, 0.25) is 10.0 Å². The number of hydrogen-bond acceptors (Lipinski definition) is 4. The van der Waals surface area contributed by atoms with E-state index in [1.165, 1.54) is 19.3 Å². The first-order valence-corrected chi connectivity index (χ1v) is 8.26. The van der Waals surface area contributed by atoms with Crippen LogP contribution in [0.25, 0.3) is 0 Å². The van der Waals surface area contributed by atoms with Crippen LogP contribution in [0.2, 0.25) is 0 Å². The van der Waals surface area contributed by atoms with Crippen LogP contribution in [0.15, 0.2) is 41.6 Å². The molecule has 0 saturated heterocycles. The van der Waals surface area contributed by atoms with Crippen molar-refractivity contribution in [3.63, 3.8) is 0 Å². The summed E-state index contributed by atoms with van der Waals surface area (Å²) in [6, 6.07) is 4.78. The molecule has 0 unspecified atom stereocenters. The maximum atomic E-state index is 14.0. The summed E-state index contributed by atoms with van der Waals surface area (Å²) in [5, 5.41) is 9.10. The maximum Gasteiger partial charge on any atom is 0.246 e. The zero-order valence-electron chi connectivity index (χ0n) is 12.4. The maximum absolute atomic E-state index is 14.0. The number of pyridine rings is 1. The lowest BCUT2D eigenvalue weighted by Crippen LogP contribution is -2.33. The first-order valence-electron chi connectivity index (χ1n) is 6.82. The Morgan fingerprint density at radius 1 is 1.26 bits per heavy atom. The van der Waals surface area contributed by atoms with Crippen LogP contribution >= 0.6 is 0 Å². The zero-order chi connectivity index (χ0) is 17.0. The molecule has 0 aliphatic carbocycles. The smallest absolute Gasteiger partial charge is 0.246 e. The molecule has 0 saturated carbocycles. The molecule has 0 bridgehead atoms. The molecule has 0 spiro atoms. The molecule has 1 aromatic heterocycles. The quantitative estimate of drug-likeness (QED) is 0.870. The van der Waals surface area contributed by atoms with Crippen molar-refractivity contribution >= 4 is 10.0 Å². The molecule has 124 valence electrons. The van der Waals surface area contributed by atoms with Gasteiger partial charge in [0.1, 0.15) is 16.5 Å². The number of aromatic nitrogens is 1. The van der Waals surface area contributed by atoms with E-state index in [-0.39, 0.29) is 18.7 Å². The van der Waals surface area contributed by atoms with Crippen molar-refractivity contribution in [1.29, 1.82) is 0 Å². The average Bonchev–Trinajstić information content (AvgIpc) is 2.51. The zero-order valence-corrected chi connectivity index (χ0v) is 13.2. The summed E-state index contributed by atoms with van der Waals surface area (Å²) in [6.45, 7) is 0.545. The number of aliphatic hydroxyl groups excluding tert-OH is 1. The van der Waals surface area contributed by atoms with Crippen LogP contribution in [-0.2, 0) is 16.6 Å². The average molecular weight is 342 g/mol. The van der Waals surface area contributed by atoms with E-state index in [2.05, 4.69) is 4.98 Å². The predicted molar refractivity (Wildman–Crippen MR) is 80.0 cm³/mol. The minimum absolute atomic E-state index is 0.0161. The summed E-state index contributed by atoms with van der Waals surface area (Å²) in [7, 11) is -4.30. The van der Waals surface area contributed by atoms with Crippen LogP contribution in [0.1, 0.15) is 11.1 Å². The fraction of sp³-hybridized carbons (Fsp3) is 0.267. The van der Waals surface area contributed by atoms with Gasteiger partial charge >= 0.3 is 0 Å². The van der Waals surface area contributed by atoms with Crippen LogP contribution < -0.4 is 0 Å². The summed E-state index contributed by atoms with van der Waals surface area (Å²) in [5.41, 5.74) is 0.583. The van der Waals surface area contributed by atoms with E-state index in [9.17, 15) is 17.2 Å². The van der Waals surface area contributed by atoms with Gasteiger partial charge < -0.3 is 5.11 Å². The molecule has 0 amide bonds. The molecule has 1 aromatic carbocycles. The minimum Gasteiger partial charge on any atom is -0.395 e. The molecular weight excluding hydrogens is 326 g/mol. The highest BCUT2D eigenvalue weighted by atomic mass is 32.2. The molecule has 23 heavy (non-hydrogen) atoms. The van der Waals surface area contributed by atoms with Gasteiger partial charge in [0, 0.05) is 25.5 Å². The second-order valence-corrected chi connectivity index (χ2v) is 6.86. The summed E-state index contributed by atoms with van der Waals surface area (Å²) in [5.74, 6) is -1.84. The standard InChI is InChI=1S/C15H16F2N2O3S/c1-11-7-14(17)15(8-13(11)16)23(21,22)19(5-6-20)10-12-3-2-4-18-9-12/h2-4,7-9,20H,5-6,10H2,1H3. The molecule has 5 nitrogen and oxygen atoms in total. The number of nitrogens with zero attached hydrogens (tertiary/aromatic N) is 2. The monoisotopic (exact) mass is 342 g/mol. The van der Waals surface area contributed by atoms with Crippen molar-refractivity contribution in [3.05, 3.63) is 59.4 Å². The van der Waals surface area contributed by atoms with Gasteiger partial charge in [-0.2, -0.15) is 4.31 Å². The first kappa shape index (κ1) is 17.5. The van der Waals surface area contributed by atoms with Crippen molar-refractivity contribution in [3.8, 4) is 0 Å². The largest absolute Gasteiger partial charge is 0.395 e. The molecule has 0 radical (unpaired) electrons. The summed E-state index contributed by atoms with van der Waals surface area (Å²) in [6.07, 6.45) is 3.00. The molecule has 8 heteroatoms. The van der Waals surface area contributed by atoms with Gasteiger partial charge in [-0.1, -0.05) is 6.07 Å². The Balaban J connectivity index is 2.43. The Bertz CT molecular complexity index is 783. The second kappa shape index (κ2) is 7.12. The van der Waals surface area contributed by atoms with Crippen LogP contribution in [0.3, 0.4) is 0 Å². The van der Waals surface area contributed by atoms with Crippen LogP contribution in [-0.4, -0.2) is 36.0 Å². The molecule has 0 atom stereocenters. The number of rotatable bonds is 6. The van der Waals surface area contributed by atoms with E-state index >= 15 is 0 Å². The Kier molecular flexibility index (Phi) is 5.40. The normalized spacial score (nSPS) is 11.9. The lowest BCUT2D eigenvalue weighted by Gasteiger charge is -2.21. The fourth-order valence-corrected chi connectivity index (χ4v) is 3.53. The van der Waals surface area contributed by atoms with E-state index in [4.69, 9.17) is 5.11 Å². The fourth-order valence-electron chi connectivity index (χ4n) is 2.06. The van der Waals surface area contributed by atoms with Crippen LogP contribution in [0.5, 0.6) is 0 Å². The molecule has 1 N–H and O–H groups in total. The number of aryl methyl sites for hydroxylation is 1. The van der Waals surface area contributed by atoms with Gasteiger partial charge in [-0.25, -0.2) is 17.2 Å². The first-order chi connectivity index (χ1) is 10.9. The van der Waals surface area contributed by atoms with Gasteiger partial charge in [0.15, 0.2) is 0 Å². The SMILES string of the molecule is Cc1cc(F)c(S(=O)(=O)N(CCO)Cc2cccnc2)cc1F. The third-order valence-electron chi connectivity index (χ3n) is 3.26. The number of halogens is 2. The minimum atomic E-state index is -4.30. The molecule has 2 rings (SSSR count). The molecule has 1 heterocycles. The lowest BCUT2D eigenvalue weighted by molar-refractivity contribution is 0.250. The van der Waals surface area contributed by atoms with E-state index in [1.807, 2.05) is 0 Å². The third-order valence-corrected chi connectivity index (χ3v) is 5.12. The highest BCUT2D eigenvalue weighted by Crippen LogP contribution is 2.23. The van der Waals surface area contributed by atoms with Crippen LogP contribution in [0, 0.1) is 18.6 Å². The van der Waals surface area contributed by atoms with Gasteiger partial charge in [-0.05, 0) is 36.2 Å². The van der Waals surface area contributed by atoms with E-state index in [0.717, 1.165) is 10.4 Å². The Hall–Kier alpha value is -1.90. The number of aliphatic hydroxyl groups is 1. The number of sulfonamides is 1. The Morgan fingerprint density at radius 2 is 2.00 bits per heavy atom. The van der Waals surface area contributed by atoms with Crippen molar-refractivity contribution in [2.45, 2.75) is 18.4 Å². The van der Waals surface area contributed by atoms with E-state index < -0.39 is 33.2 Å². The van der Waals surface area contributed by atoms with Crippen LogP contribution in [0.4, 0.5) is 8.78 Å². The highest BCUT2D eigenvalue weighted by molar-refractivity contribution is 7.89. The molecular formula is C15H16F2N2O3S. The van der Waals surface area contributed by atoms with Crippen molar-refractivity contribution in [2.75, 3.05) is 13.2 Å². The molecule has 0 aliphatic heterocycles. The molecule has 2 aromatic rings. The Morgan fingerprint density at radius 3 is 2.61 bits per heavy atom. The van der Waals surface area contributed by atoms with E-state index in [1.54, 1.807) is 12.1 Å². The third kappa shape index (κ3) is 3.90. The summed E-state index contributed by atoms with van der Waals surface area (Å²) >= 11 is 0. The highest BCUT2D eigenvalue weighted by Gasteiger charge is 2.28. The summed E-state index contributed by atoms with van der Waals surface area (Å²) < 4.78 is 53.8. The molecule has 0 aliphatic rings. The number of benzene rings is 1. The van der Waals surface area contributed by atoms with E-state index in [0.29, 0.717) is 11.6 Å². The predicted octanol–water partition coefficient (Wildman–Crippen LogP) is 1.85. The van der Waals surface area contributed by atoms with Gasteiger partial charge in [-0.3, -0.25) is 4.98 Å². The lowest BCUT2D eigenvalue weighted by atomic mass is 10.2. The van der Waals surface area contributed by atoms with Crippen molar-refractivity contribution in [2.24, 2.45) is 0 Å². The second-order valence-electron chi connectivity index (χ2n) is 4.96. The van der Waals surface area contributed by atoms with Gasteiger partial charge in [-0.15, -0.1) is 0 Å². The summed E-state index contributed by atoms with van der Waals surface area (Å²) in [4.78, 5) is 3.13. The van der Waals surface area contributed by atoms with Gasteiger partial charge in [0.25, 0.3) is 0 Å².